The lowest BCUT2D eigenvalue weighted by atomic mass is 10.0. The molecule has 0 bridgehead atoms. The number of hydrogen-bond acceptors (Lipinski definition) is 4. The molecule has 7 heteroatoms. The zero-order valence-electron chi connectivity index (χ0n) is 13.8. The summed E-state index contributed by atoms with van der Waals surface area (Å²) in [5, 5.41) is 2.95. The van der Waals surface area contributed by atoms with Gasteiger partial charge in [-0.05, 0) is 31.0 Å². The quantitative estimate of drug-likeness (QED) is 0.711. The van der Waals surface area contributed by atoms with Crippen molar-refractivity contribution in [3.63, 3.8) is 0 Å². The summed E-state index contributed by atoms with van der Waals surface area (Å²) in [6.45, 7) is 2.20. The molecule has 6 nitrogen and oxygen atoms in total. The van der Waals surface area contributed by atoms with Gasteiger partial charge in [-0.1, -0.05) is 22.0 Å². The average Bonchev–Trinajstić information content (AvgIpc) is 2.59. The van der Waals surface area contributed by atoms with Crippen LogP contribution in [0, 0.1) is 0 Å². The molecule has 0 radical (unpaired) electrons. The first-order valence-electron chi connectivity index (χ1n) is 8.01. The first kappa shape index (κ1) is 18.9. The van der Waals surface area contributed by atoms with Crippen molar-refractivity contribution >= 4 is 27.7 Å². The number of nitrogens with one attached hydrogen (secondary N) is 1. The fraction of sp³-hybridized carbons (Fsp3) is 0.529. The van der Waals surface area contributed by atoms with E-state index in [-0.39, 0.29) is 24.5 Å². The number of benzene rings is 1. The summed E-state index contributed by atoms with van der Waals surface area (Å²) in [6.07, 6.45) is 1.51. The van der Waals surface area contributed by atoms with Crippen molar-refractivity contribution in [1.82, 2.24) is 10.2 Å². The molecular formula is C17H23BrN2O4. The standard InChI is InChI=1S/C17H23BrN2O4/c1-23-9-10-24-12-16(21)19-15-5-7-20(8-6-15)17(22)13-3-2-4-14(18)11-13/h2-4,11,15H,5-10,12H2,1H3,(H,19,21). The highest BCUT2D eigenvalue weighted by Gasteiger charge is 2.24. The monoisotopic (exact) mass is 398 g/mol. The molecule has 1 aliphatic heterocycles. The van der Waals surface area contributed by atoms with Gasteiger partial charge < -0.3 is 19.7 Å². The Balaban J connectivity index is 1.73. The Morgan fingerprint density at radius 3 is 2.71 bits per heavy atom. The lowest BCUT2D eigenvalue weighted by Gasteiger charge is -2.32. The van der Waals surface area contributed by atoms with Crippen molar-refractivity contribution in [3.8, 4) is 0 Å². The molecule has 1 aliphatic rings. The molecule has 0 atom stereocenters. The molecule has 2 rings (SSSR count). The van der Waals surface area contributed by atoms with Crippen molar-refractivity contribution in [2.75, 3.05) is 40.0 Å². The van der Waals surface area contributed by atoms with E-state index in [4.69, 9.17) is 9.47 Å². The second-order valence-electron chi connectivity index (χ2n) is 5.69. The van der Waals surface area contributed by atoms with Crippen LogP contribution in [0.5, 0.6) is 0 Å². The van der Waals surface area contributed by atoms with Gasteiger partial charge >= 0.3 is 0 Å². The van der Waals surface area contributed by atoms with Crippen LogP contribution >= 0.6 is 15.9 Å². The highest BCUT2D eigenvalue weighted by atomic mass is 79.9. The minimum Gasteiger partial charge on any atom is -0.382 e. The largest absolute Gasteiger partial charge is 0.382 e. The predicted molar refractivity (Wildman–Crippen MR) is 93.9 cm³/mol. The third-order valence-electron chi connectivity index (χ3n) is 3.88. The number of carbonyl (C=O) groups is 2. The molecule has 1 aromatic rings. The molecule has 1 N–H and O–H groups in total. The number of halogens is 1. The van der Waals surface area contributed by atoms with Crippen molar-refractivity contribution in [3.05, 3.63) is 34.3 Å². The number of ether oxygens (including phenoxy) is 2. The molecule has 0 aromatic heterocycles. The fourth-order valence-electron chi connectivity index (χ4n) is 2.61. The highest BCUT2D eigenvalue weighted by Crippen LogP contribution is 2.17. The van der Waals surface area contributed by atoms with Gasteiger partial charge in [0.25, 0.3) is 5.91 Å². The SMILES string of the molecule is COCCOCC(=O)NC1CCN(C(=O)c2cccc(Br)c2)CC1. The van der Waals surface area contributed by atoms with E-state index < -0.39 is 0 Å². The Bertz CT molecular complexity index is 559. The zero-order valence-corrected chi connectivity index (χ0v) is 15.4. The van der Waals surface area contributed by atoms with Gasteiger partial charge in [0.15, 0.2) is 0 Å². The molecule has 1 fully saturated rings. The molecule has 0 saturated carbocycles. The van der Waals surface area contributed by atoms with Crippen LogP contribution in [-0.4, -0.2) is 62.8 Å². The van der Waals surface area contributed by atoms with Crippen LogP contribution in [0.15, 0.2) is 28.7 Å². The number of likely N-dealkylation sites (tertiary alicyclic amines) is 1. The summed E-state index contributed by atoms with van der Waals surface area (Å²) in [6, 6.07) is 7.49. The number of nitrogens with zero attached hydrogens (tertiary/aromatic N) is 1. The topological polar surface area (TPSA) is 67.9 Å². The Morgan fingerprint density at radius 2 is 2.04 bits per heavy atom. The maximum absolute atomic E-state index is 12.5. The van der Waals surface area contributed by atoms with Gasteiger partial charge in [0.2, 0.25) is 5.91 Å². The molecule has 1 heterocycles. The van der Waals surface area contributed by atoms with E-state index in [1.807, 2.05) is 29.2 Å². The third-order valence-corrected chi connectivity index (χ3v) is 4.38. The minimum absolute atomic E-state index is 0.0315. The van der Waals surface area contributed by atoms with Gasteiger partial charge in [0.05, 0.1) is 13.2 Å². The first-order chi connectivity index (χ1) is 11.6. The first-order valence-corrected chi connectivity index (χ1v) is 8.80. The van der Waals surface area contributed by atoms with Gasteiger partial charge in [-0.2, -0.15) is 0 Å². The number of rotatable bonds is 7. The number of amides is 2. The Hall–Kier alpha value is -1.44. The number of methoxy groups -OCH3 is 1. The lowest BCUT2D eigenvalue weighted by Crippen LogP contribution is -2.47. The molecule has 132 valence electrons. The van der Waals surface area contributed by atoms with Crippen molar-refractivity contribution < 1.29 is 19.1 Å². The summed E-state index contributed by atoms with van der Waals surface area (Å²) in [4.78, 5) is 26.1. The molecule has 24 heavy (non-hydrogen) atoms. The van der Waals surface area contributed by atoms with Crippen molar-refractivity contribution in [2.45, 2.75) is 18.9 Å². The van der Waals surface area contributed by atoms with Gasteiger partial charge in [-0.3, -0.25) is 9.59 Å². The fourth-order valence-corrected chi connectivity index (χ4v) is 3.01. The van der Waals surface area contributed by atoms with Gasteiger partial charge in [0, 0.05) is 36.3 Å². The number of piperidine rings is 1. The maximum Gasteiger partial charge on any atom is 0.253 e. The van der Waals surface area contributed by atoms with Crippen molar-refractivity contribution in [1.29, 1.82) is 0 Å². The van der Waals surface area contributed by atoms with E-state index in [9.17, 15) is 9.59 Å². The minimum atomic E-state index is -0.122. The van der Waals surface area contributed by atoms with Gasteiger partial charge in [-0.15, -0.1) is 0 Å². The van der Waals surface area contributed by atoms with Crippen molar-refractivity contribution in [2.24, 2.45) is 0 Å². The van der Waals surface area contributed by atoms with Crippen LogP contribution in [0.1, 0.15) is 23.2 Å². The van der Waals surface area contributed by atoms with Crippen LogP contribution in [0.4, 0.5) is 0 Å². The predicted octanol–water partition coefficient (Wildman–Crippen LogP) is 1.83. The van der Waals surface area contributed by atoms with Crippen LogP contribution in [0.3, 0.4) is 0 Å². The maximum atomic E-state index is 12.5. The average molecular weight is 399 g/mol. The molecule has 1 saturated heterocycles. The summed E-state index contributed by atoms with van der Waals surface area (Å²) in [5.41, 5.74) is 0.679. The second-order valence-corrected chi connectivity index (χ2v) is 6.61. The van der Waals surface area contributed by atoms with E-state index >= 15 is 0 Å². The summed E-state index contributed by atoms with van der Waals surface area (Å²) in [5.74, 6) is -0.0909. The Labute approximate surface area is 150 Å². The van der Waals surface area contributed by atoms with E-state index in [1.165, 1.54) is 0 Å². The van der Waals surface area contributed by atoms with Crippen LogP contribution < -0.4 is 5.32 Å². The Kier molecular flexibility index (Phi) is 7.68. The third kappa shape index (κ3) is 5.89. The van der Waals surface area contributed by atoms with Crippen LogP contribution in [-0.2, 0) is 14.3 Å². The zero-order chi connectivity index (χ0) is 17.4. The molecule has 1 aromatic carbocycles. The smallest absolute Gasteiger partial charge is 0.253 e. The van der Waals surface area contributed by atoms with E-state index in [0.29, 0.717) is 31.9 Å². The number of carbonyl (C=O) groups excluding carboxylic acids is 2. The lowest BCUT2D eigenvalue weighted by molar-refractivity contribution is -0.127. The highest BCUT2D eigenvalue weighted by molar-refractivity contribution is 9.10. The summed E-state index contributed by atoms with van der Waals surface area (Å²) in [7, 11) is 1.59. The summed E-state index contributed by atoms with van der Waals surface area (Å²) < 4.78 is 10.9. The Morgan fingerprint density at radius 1 is 1.29 bits per heavy atom. The van der Waals surface area contributed by atoms with E-state index in [2.05, 4.69) is 21.2 Å². The summed E-state index contributed by atoms with van der Waals surface area (Å²) >= 11 is 3.38. The normalized spacial score (nSPS) is 15.3. The van der Waals surface area contributed by atoms with Gasteiger partial charge in [0.1, 0.15) is 6.61 Å². The molecule has 0 spiro atoms. The molecule has 0 aliphatic carbocycles. The van der Waals surface area contributed by atoms with Gasteiger partial charge in [-0.25, -0.2) is 0 Å². The number of hydrogen-bond donors (Lipinski definition) is 1. The second kappa shape index (κ2) is 9.76. The van der Waals surface area contributed by atoms with E-state index in [1.54, 1.807) is 7.11 Å². The molecule has 2 amide bonds. The molecular weight excluding hydrogens is 376 g/mol. The van der Waals surface area contributed by atoms with E-state index in [0.717, 1.165) is 17.3 Å². The van der Waals surface area contributed by atoms with Crippen LogP contribution in [0.2, 0.25) is 0 Å². The molecule has 0 unspecified atom stereocenters. The van der Waals surface area contributed by atoms with Crippen LogP contribution in [0.25, 0.3) is 0 Å².